The van der Waals surface area contributed by atoms with Gasteiger partial charge in [-0.1, -0.05) is 264 Å². The van der Waals surface area contributed by atoms with E-state index in [1.54, 1.807) is 0 Å². The largest absolute Gasteiger partial charge is 0.311 e. The highest BCUT2D eigenvalue weighted by Crippen LogP contribution is 2.42. The molecule has 2 aromatic carbocycles. The smallest absolute Gasteiger partial charge is 0.235 e. The van der Waals surface area contributed by atoms with Gasteiger partial charge in [0.05, 0.1) is 11.8 Å². The van der Waals surface area contributed by atoms with Crippen LogP contribution in [0.3, 0.4) is 0 Å². The quantitative estimate of drug-likeness (QED) is 0.0626. The molecule has 0 saturated heterocycles. The van der Waals surface area contributed by atoms with Gasteiger partial charge in [-0.3, -0.25) is 9.59 Å². The fourth-order valence-corrected chi connectivity index (χ4v) is 11.2. The number of hydrogen-bond acceptors (Lipinski definition) is 2. The third-order valence-electron chi connectivity index (χ3n) is 14.8. The SMILES string of the molecule is CCCCCCCCCCC(CCCCCCCC)CN1C(=O)C(C2C=C(c3ccc(Br)cc3)N(CC(CCCCCCCC)CCCCCCCCCC)C2=O)C=C1c1ccc(Br)cc1. The summed E-state index contributed by atoms with van der Waals surface area (Å²) in [7, 11) is 0. The average molecular weight is 1040 g/mol. The van der Waals surface area contributed by atoms with Gasteiger partial charge in [-0.25, -0.2) is 0 Å². The predicted molar refractivity (Wildman–Crippen MR) is 292 cm³/mol. The van der Waals surface area contributed by atoms with Crippen LogP contribution in [0.4, 0.5) is 0 Å². The van der Waals surface area contributed by atoms with E-state index < -0.39 is 11.8 Å². The average Bonchev–Trinajstić information content (AvgIpc) is 3.81. The fourth-order valence-electron chi connectivity index (χ4n) is 10.6. The number of carbonyl (C=O) groups excluding carboxylic acids is 2. The van der Waals surface area contributed by atoms with Gasteiger partial charge in [0.1, 0.15) is 0 Å². The molecule has 6 heteroatoms. The van der Waals surface area contributed by atoms with Crippen LogP contribution < -0.4 is 0 Å². The maximum Gasteiger partial charge on any atom is 0.235 e. The van der Waals surface area contributed by atoms with E-state index in [4.69, 9.17) is 0 Å². The van der Waals surface area contributed by atoms with E-state index in [-0.39, 0.29) is 11.8 Å². The Hall–Kier alpha value is -2.18. The molecule has 2 aromatic rings. The lowest BCUT2D eigenvalue weighted by molar-refractivity contribution is -0.138. The molecule has 66 heavy (non-hydrogen) atoms. The van der Waals surface area contributed by atoms with E-state index >= 15 is 9.59 Å². The summed E-state index contributed by atoms with van der Waals surface area (Å²) in [6.07, 6.45) is 45.5. The molecule has 2 heterocycles. The molecule has 0 radical (unpaired) electrons. The molecule has 4 rings (SSSR count). The van der Waals surface area contributed by atoms with Gasteiger partial charge in [0, 0.05) is 33.4 Å². The summed E-state index contributed by atoms with van der Waals surface area (Å²) in [5, 5.41) is 0. The van der Waals surface area contributed by atoms with Gasteiger partial charge in [-0.2, -0.15) is 0 Å². The van der Waals surface area contributed by atoms with Crippen LogP contribution in [0.15, 0.2) is 69.6 Å². The molecule has 370 valence electrons. The van der Waals surface area contributed by atoms with Crippen molar-refractivity contribution >= 4 is 55.1 Å². The number of amides is 2. The zero-order chi connectivity index (χ0) is 47.2. The van der Waals surface area contributed by atoms with Crippen LogP contribution >= 0.6 is 31.9 Å². The first-order valence-corrected chi connectivity index (χ1v) is 29.5. The minimum atomic E-state index is -0.519. The van der Waals surface area contributed by atoms with Crippen molar-refractivity contribution in [2.75, 3.05) is 13.1 Å². The number of halogens is 2. The van der Waals surface area contributed by atoms with Crippen LogP contribution in [0.1, 0.15) is 244 Å². The maximum atomic E-state index is 15.2. The van der Waals surface area contributed by atoms with Crippen LogP contribution in [0, 0.1) is 23.7 Å². The molecular formula is C60H94Br2N2O2. The molecule has 0 bridgehead atoms. The number of hydrogen-bond donors (Lipinski definition) is 0. The van der Waals surface area contributed by atoms with Gasteiger partial charge >= 0.3 is 0 Å². The number of rotatable bonds is 39. The molecule has 0 aliphatic carbocycles. The van der Waals surface area contributed by atoms with Crippen LogP contribution in [-0.2, 0) is 9.59 Å². The van der Waals surface area contributed by atoms with E-state index in [1.807, 2.05) is 0 Å². The van der Waals surface area contributed by atoms with E-state index in [2.05, 4.69) is 130 Å². The van der Waals surface area contributed by atoms with Crippen LogP contribution in [0.25, 0.3) is 11.4 Å². The first-order chi connectivity index (χ1) is 32.3. The van der Waals surface area contributed by atoms with Gasteiger partial charge < -0.3 is 9.80 Å². The summed E-state index contributed by atoms with van der Waals surface area (Å²) in [6, 6.07) is 16.9. The van der Waals surface area contributed by atoms with Crippen molar-refractivity contribution < 1.29 is 9.59 Å². The van der Waals surface area contributed by atoms with Crippen molar-refractivity contribution in [3.05, 3.63) is 80.8 Å². The van der Waals surface area contributed by atoms with Crippen molar-refractivity contribution in [3.8, 4) is 0 Å². The van der Waals surface area contributed by atoms with Crippen LogP contribution in [0.2, 0.25) is 0 Å². The Labute approximate surface area is 422 Å². The summed E-state index contributed by atoms with van der Waals surface area (Å²) in [5.74, 6) is 0.0586. The molecule has 2 amide bonds. The van der Waals surface area contributed by atoms with Crippen LogP contribution in [-0.4, -0.2) is 34.7 Å². The number of carbonyl (C=O) groups is 2. The van der Waals surface area contributed by atoms with Crippen molar-refractivity contribution in [3.63, 3.8) is 0 Å². The Morgan fingerprint density at radius 2 is 0.621 bits per heavy atom. The van der Waals surface area contributed by atoms with Crippen molar-refractivity contribution in [1.82, 2.24) is 9.80 Å². The second-order valence-corrected chi connectivity index (χ2v) is 22.3. The minimum Gasteiger partial charge on any atom is -0.311 e. The zero-order valence-electron chi connectivity index (χ0n) is 42.6. The van der Waals surface area contributed by atoms with Crippen molar-refractivity contribution in [2.24, 2.45) is 23.7 Å². The Kier molecular flexibility index (Phi) is 29.2. The highest BCUT2D eigenvalue weighted by Gasteiger charge is 2.46. The molecule has 4 unspecified atom stereocenters. The Morgan fingerprint density at radius 1 is 0.379 bits per heavy atom. The molecule has 0 saturated carbocycles. The highest BCUT2D eigenvalue weighted by molar-refractivity contribution is 9.10. The van der Waals surface area contributed by atoms with Gasteiger partial charge in [-0.05, 0) is 85.1 Å². The summed E-state index contributed by atoms with van der Waals surface area (Å²) in [5.41, 5.74) is 4.09. The molecule has 0 aromatic heterocycles. The van der Waals surface area contributed by atoms with Crippen molar-refractivity contribution in [2.45, 2.75) is 233 Å². The standard InChI is InChI=1S/C60H94Br2N2O2/c1-5-9-13-17-21-23-27-31-35-49(33-29-25-19-15-11-7-3)47-63-57(51-37-41-53(61)42-38-51)45-55(59(63)65)56-46-58(52-39-43-54(62)44-40-52)64(60(56)66)48-50(34-30-26-20-16-12-8-4)36-32-28-24-22-18-14-10-6-2/h37-46,49-50,55-56H,5-36,47-48H2,1-4H3. The normalized spacial score (nSPS) is 17.2. The van der Waals surface area contributed by atoms with Gasteiger partial charge in [-0.15, -0.1) is 0 Å². The minimum absolute atomic E-state index is 0.103. The van der Waals surface area contributed by atoms with Crippen LogP contribution in [0.5, 0.6) is 0 Å². The molecule has 4 atom stereocenters. The molecule has 0 fully saturated rings. The van der Waals surface area contributed by atoms with E-state index in [9.17, 15) is 0 Å². The predicted octanol–water partition coefficient (Wildman–Crippen LogP) is 19.3. The first-order valence-electron chi connectivity index (χ1n) is 27.9. The number of unbranched alkanes of at least 4 members (excludes halogenated alkanes) is 24. The third kappa shape index (κ3) is 20.4. The Balaban J connectivity index is 1.58. The molecular weight excluding hydrogens is 940 g/mol. The summed E-state index contributed by atoms with van der Waals surface area (Å²) < 4.78 is 2.06. The van der Waals surface area contributed by atoms with E-state index in [0.29, 0.717) is 11.8 Å². The molecule has 2 aliphatic heterocycles. The third-order valence-corrected chi connectivity index (χ3v) is 15.8. The topological polar surface area (TPSA) is 40.6 Å². The van der Waals surface area contributed by atoms with Gasteiger partial charge in [0.25, 0.3) is 0 Å². The molecule has 0 spiro atoms. The monoisotopic (exact) mass is 1030 g/mol. The number of nitrogens with zero attached hydrogens (tertiary/aromatic N) is 2. The van der Waals surface area contributed by atoms with E-state index in [1.165, 1.54) is 180 Å². The lowest BCUT2D eigenvalue weighted by Gasteiger charge is -2.29. The zero-order valence-corrected chi connectivity index (χ0v) is 45.8. The lowest BCUT2D eigenvalue weighted by Crippen LogP contribution is -2.39. The number of benzene rings is 2. The van der Waals surface area contributed by atoms with E-state index in [0.717, 1.165) is 70.2 Å². The highest BCUT2D eigenvalue weighted by atomic mass is 79.9. The van der Waals surface area contributed by atoms with Gasteiger partial charge in [0.15, 0.2) is 0 Å². The molecule has 4 nitrogen and oxygen atoms in total. The second kappa shape index (κ2) is 34.2. The second-order valence-electron chi connectivity index (χ2n) is 20.4. The molecule has 0 N–H and O–H groups in total. The summed E-state index contributed by atoms with van der Waals surface area (Å²) in [4.78, 5) is 34.6. The fraction of sp³-hybridized carbons (Fsp3) is 0.700. The molecule has 2 aliphatic rings. The lowest BCUT2D eigenvalue weighted by atomic mass is 9.91. The Morgan fingerprint density at radius 3 is 0.879 bits per heavy atom. The Bertz CT molecular complexity index is 1540. The summed E-state index contributed by atoms with van der Waals surface area (Å²) in [6.45, 7) is 10.6. The van der Waals surface area contributed by atoms with Gasteiger partial charge in [0.2, 0.25) is 11.8 Å². The first kappa shape index (κ1) is 56.4. The maximum absolute atomic E-state index is 15.2. The van der Waals surface area contributed by atoms with Crippen molar-refractivity contribution in [1.29, 1.82) is 0 Å². The summed E-state index contributed by atoms with van der Waals surface area (Å²) >= 11 is 7.33.